The van der Waals surface area contributed by atoms with Gasteiger partial charge in [-0.15, -0.1) is 0 Å². The van der Waals surface area contributed by atoms with E-state index in [1.807, 2.05) is 24.3 Å². The Kier molecular flexibility index (Phi) is 9.47. The summed E-state index contributed by atoms with van der Waals surface area (Å²) in [5, 5.41) is 1.48. The lowest BCUT2D eigenvalue weighted by atomic mass is 10.1. The zero-order valence-electron chi connectivity index (χ0n) is 11.1. The van der Waals surface area contributed by atoms with Crippen LogP contribution in [0.4, 0.5) is 0 Å². The van der Waals surface area contributed by atoms with Crippen molar-refractivity contribution in [2.45, 2.75) is 12.5 Å². The SMILES string of the molecule is COCCOCCCOC(CBr)c1cccc(Cl)c1. The molecule has 0 spiro atoms. The molecule has 0 N–H and O–H groups in total. The van der Waals surface area contributed by atoms with Crippen LogP contribution >= 0.6 is 27.5 Å². The number of methoxy groups -OCH3 is 1. The fourth-order valence-corrected chi connectivity index (χ4v) is 2.33. The van der Waals surface area contributed by atoms with E-state index in [4.69, 9.17) is 25.8 Å². The lowest BCUT2D eigenvalue weighted by Crippen LogP contribution is -2.10. The third-order valence-electron chi connectivity index (χ3n) is 2.54. The smallest absolute Gasteiger partial charge is 0.0922 e. The maximum absolute atomic E-state index is 5.98. The maximum atomic E-state index is 5.98. The number of hydrogen-bond acceptors (Lipinski definition) is 3. The van der Waals surface area contributed by atoms with Crippen LogP contribution in [0.1, 0.15) is 18.1 Å². The number of halogens is 2. The Balaban J connectivity index is 2.22. The first-order chi connectivity index (χ1) is 9.27. The highest BCUT2D eigenvalue weighted by atomic mass is 79.9. The Morgan fingerprint density at radius 1 is 1.21 bits per heavy atom. The van der Waals surface area contributed by atoms with Gasteiger partial charge in [0.1, 0.15) is 0 Å². The number of rotatable bonds is 10. The van der Waals surface area contributed by atoms with Crippen LogP contribution in [0.25, 0.3) is 0 Å². The fraction of sp³-hybridized carbons (Fsp3) is 0.571. The normalized spacial score (nSPS) is 12.6. The standard InChI is InChI=1S/C14H20BrClO3/c1-17-8-9-18-6-3-7-19-14(11-15)12-4-2-5-13(16)10-12/h2,4-5,10,14H,3,6-9,11H2,1H3. The molecule has 1 unspecified atom stereocenters. The van der Waals surface area contributed by atoms with Gasteiger partial charge in [-0.25, -0.2) is 0 Å². The molecule has 1 atom stereocenters. The van der Waals surface area contributed by atoms with Gasteiger partial charge in [0.2, 0.25) is 0 Å². The molecule has 3 nitrogen and oxygen atoms in total. The molecule has 0 saturated heterocycles. The molecule has 0 amide bonds. The maximum Gasteiger partial charge on any atom is 0.0922 e. The van der Waals surface area contributed by atoms with Gasteiger partial charge in [-0.3, -0.25) is 0 Å². The van der Waals surface area contributed by atoms with E-state index in [2.05, 4.69) is 15.9 Å². The van der Waals surface area contributed by atoms with Gasteiger partial charge < -0.3 is 14.2 Å². The third-order valence-corrected chi connectivity index (χ3v) is 3.37. The summed E-state index contributed by atoms with van der Waals surface area (Å²) < 4.78 is 16.1. The van der Waals surface area contributed by atoms with Crippen LogP contribution < -0.4 is 0 Å². The molecule has 0 heterocycles. The van der Waals surface area contributed by atoms with Crippen LogP contribution in [-0.2, 0) is 14.2 Å². The summed E-state index contributed by atoms with van der Waals surface area (Å²) in [6.07, 6.45) is 0.894. The van der Waals surface area contributed by atoms with Gasteiger partial charge in [0.25, 0.3) is 0 Å². The van der Waals surface area contributed by atoms with Gasteiger partial charge in [0, 0.05) is 30.7 Å². The van der Waals surface area contributed by atoms with E-state index in [9.17, 15) is 0 Å². The molecule has 19 heavy (non-hydrogen) atoms. The molecule has 1 rings (SSSR count). The van der Waals surface area contributed by atoms with E-state index in [0.717, 1.165) is 22.3 Å². The molecule has 0 aliphatic carbocycles. The predicted octanol–water partition coefficient (Wildman–Crippen LogP) is 3.85. The zero-order valence-corrected chi connectivity index (χ0v) is 13.5. The third kappa shape index (κ3) is 7.28. The zero-order chi connectivity index (χ0) is 13.9. The molecule has 0 saturated carbocycles. The average Bonchev–Trinajstić information content (AvgIpc) is 2.42. The Hall–Kier alpha value is -0.130. The lowest BCUT2D eigenvalue weighted by Gasteiger charge is -2.16. The number of hydrogen-bond donors (Lipinski definition) is 0. The van der Waals surface area contributed by atoms with Crippen molar-refractivity contribution < 1.29 is 14.2 Å². The fourth-order valence-electron chi connectivity index (χ4n) is 1.57. The van der Waals surface area contributed by atoms with Crippen molar-refractivity contribution >= 4 is 27.5 Å². The molecular weight excluding hydrogens is 332 g/mol. The first kappa shape index (κ1) is 16.9. The molecule has 5 heteroatoms. The first-order valence-electron chi connectivity index (χ1n) is 6.27. The van der Waals surface area contributed by atoms with Crippen LogP contribution in [0.5, 0.6) is 0 Å². The summed E-state index contributed by atoms with van der Waals surface area (Å²) >= 11 is 9.44. The summed E-state index contributed by atoms with van der Waals surface area (Å²) in [7, 11) is 1.66. The lowest BCUT2D eigenvalue weighted by molar-refractivity contribution is 0.0316. The van der Waals surface area contributed by atoms with E-state index >= 15 is 0 Å². The Bertz CT molecular complexity index is 349. The van der Waals surface area contributed by atoms with Crippen LogP contribution in [0, 0.1) is 0 Å². The molecule has 0 aliphatic rings. The van der Waals surface area contributed by atoms with E-state index in [0.29, 0.717) is 26.4 Å². The summed E-state index contributed by atoms with van der Waals surface area (Å²) in [5.41, 5.74) is 1.09. The van der Waals surface area contributed by atoms with Gasteiger partial charge in [-0.05, 0) is 24.1 Å². The van der Waals surface area contributed by atoms with Gasteiger partial charge in [-0.1, -0.05) is 39.7 Å². The van der Waals surface area contributed by atoms with Crippen LogP contribution in [0.15, 0.2) is 24.3 Å². The van der Waals surface area contributed by atoms with Gasteiger partial charge in [0.15, 0.2) is 0 Å². The van der Waals surface area contributed by atoms with Crippen LogP contribution in [-0.4, -0.2) is 38.9 Å². The molecule has 0 aromatic heterocycles. The molecule has 0 fully saturated rings. The highest BCUT2D eigenvalue weighted by Gasteiger charge is 2.10. The van der Waals surface area contributed by atoms with Crippen molar-refractivity contribution in [1.82, 2.24) is 0 Å². The molecule has 108 valence electrons. The Morgan fingerprint density at radius 2 is 2.05 bits per heavy atom. The summed E-state index contributed by atoms with van der Waals surface area (Å²) in [6, 6.07) is 7.75. The number of alkyl halides is 1. The van der Waals surface area contributed by atoms with Crippen molar-refractivity contribution in [2.24, 2.45) is 0 Å². The molecule has 0 aliphatic heterocycles. The molecule has 1 aromatic carbocycles. The average molecular weight is 352 g/mol. The summed E-state index contributed by atoms with van der Waals surface area (Å²) in [6.45, 7) is 2.61. The minimum absolute atomic E-state index is 0.0256. The van der Waals surface area contributed by atoms with Crippen molar-refractivity contribution in [1.29, 1.82) is 0 Å². The molecular formula is C14H20BrClO3. The summed E-state index contributed by atoms with van der Waals surface area (Å²) in [5.74, 6) is 0. The number of ether oxygens (including phenoxy) is 3. The van der Waals surface area contributed by atoms with Crippen LogP contribution in [0.3, 0.4) is 0 Å². The predicted molar refractivity (Wildman–Crippen MR) is 81.3 cm³/mol. The van der Waals surface area contributed by atoms with E-state index in [1.165, 1.54) is 0 Å². The van der Waals surface area contributed by atoms with Crippen molar-refractivity contribution in [3.8, 4) is 0 Å². The van der Waals surface area contributed by atoms with E-state index < -0.39 is 0 Å². The minimum Gasteiger partial charge on any atom is -0.382 e. The highest BCUT2D eigenvalue weighted by molar-refractivity contribution is 9.09. The topological polar surface area (TPSA) is 27.7 Å². The van der Waals surface area contributed by atoms with E-state index in [1.54, 1.807) is 7.11 Å². The van der Waals surface area contributed by atoms with Gasteiger partial charge in [0.05, 0.1) is 19.3 Å². The van der Waals surface area contributed by atoms with Crippen molar-refractivity contribution in [3.05, 3.63) is 34.9 Å². The highest BCUT2D eigenvalue weighted by Crippen LogP contribution is 2.22. The van der Waals surface area contributed by atoms with Gasteiger partial charge >= 0.3 is 0 Å². The second kappa shape index (κ2) is 10.6. The first-order valence-corrected chi connectivity index (χ1v) is 7.77. The van der Waals surface area contributed by atoms with E-state index in [-0.39, 0.29) is 6.10 Å². The number of benzene rings is 1. The van der Waals surface area contributed by atoms with Crippen LogP contribution in [0.2, 0.25) is 5.02 Å². The molecule has 1 aromatic rings. The van der Waals surface area contributed by atoms with Crippen molar-refractivity contribution in [2.75, 3.05) is 38.9 Å². The van der Waals surface area contributed by atoms with Gasteiger partial charge in [-0.2, -0.15) is 0 Å². The monoisotopic (exact) mass is 350 g/mol. The summed E-state index contributed by atoms with van der Waals surface area (Å²) in [4.78, 5) is 0. The Morgan fingerprint density at radius 3 is 2.74 bits per heavy atom. The quantitative estimate of drug-likeness (QED) is 0.473. The minimum atomic E-state index is 0.0256. The molecule has 0 bridgehead atoms. The van der Waals surface area contributed by atoms with Crippen molar-refractivity contribution in [3.63, 3.8) is 0 Å². The second-order valence-electron chi connectivity index (χ2n) is 4.03. The Labute approximate surface area is 128 Å². The molecule has 0 radical (unpaired) electrons. The largest absolute Gasteiger partial charge is 0.382 e. The second-order valence-corrected chi connectivity index (χ2v) is 5.11.